The largest absolute Gasteiger partial charge is 0.434 e. The minimum absolute atomic E-state index is 0. The fraction of sp³-hybridized carbons (Fsp3) is 0.750. The predicted octanol–water partition coefficient (Wildman–Crippen LogP) is 3.79. The molecule has 1 saturated heterocycles. The second-order valence-electron chi connectivity index (χ2n) is 5.96. The Hall–Kier alpha value is -0.270. The van der Waals surface area contributed by atoms with Gasteiger partial charge in [0.1, 0.15) is 0 Å². The van der Waals surface area contributed by atoms with Gasteiger partial charge in [-0.2, -0.15) is 24.9 Å². The molecule has 2 heterocycles. The molecule has 0 unspecified atom stereocenters. The number of hydrogen-bond acceptors (Lipinski definition) is 5. The number of ether oxygens (including phenoxy) is 1. The Morgan fingerprint density at radius 3 is 2.63 bits per heavy atom. The normalized spacial score (nSPS) is 17.3. The molecule has 11 heteroatoms. The quantitative estimate of drug-likeness (QED) is 0.315. The molecule has 0 aliphatic carbocycles. The van der Waals surface area contributed by atoms with E-state index in [2.05, 4.69) is 27.5 Å². The van der Waals surface area contributed by atoms with Gasteiger partial charge in [-0.05, 0) is 18.6 Å². The summed E-state index contributed by atoms with van der Waals surface area (Å²) >= 11 is 2.97. The van der Waals surface area contributed by atoms with Gasteiger partial charge in [-0.15, -0.1) is 35.3 Å². The van der Waals surface area contributed by atoms with E-state index in [0.717, 1.165) is 55.1 Å². The summed E-state index contributed by atoms with van der Waals surface area (Å²) in [5.41, 5.74) is -0.821. The summed E-state index contributed by atoms with van der Waals surface area (Å²) in [7, 11) is 1.68. The predicted molar refractivity (Wildman–Crippen MR) is 117 cm³/mol. The summed E-state index contributed by atoms with van der Waals surface area (Å²) in [6.07, 6.45) is -1.97. The van der Waals surface area contributed by atoms with E-state index in [1.807, 2.05) is 11.8 Å². The van der Waals surface area contributed by atoms with Crippen LogP contribution in [0, 0.1) is 0 Å². The second kappa shape index (κ2) is 11.7. The van der Waals surface area contributed by atoms with Gasteiger partial charge in [-0.1, -0.05) is 6.92 Å². The van der Waals surface area contributed by atoms with Crippen LogP contribution in [0.3, 0.4) is 0 Å². The second-order valence-corrected chi connectivity index (χ2v) is 8.63. The highest BCUT2D eigenvalue weighted by Gasteiger charge is 2.34. The molecule has 0 atom stereocenters. The van der Waals surface area contributed by atoms with Crippen molar-refractivity contribution in [1.82, 2.24) is 15.6 Å². The maximum Gasteiger partial charge on any atom is 0.434 e. The Bertz CT molecular complexity index is 587. The third kappa shape index (κ3) is 7.94. The zero-order valence-corrected chi connectivity index (χ0v) is 19.4. The first-order valence-electron chi connectivity index (χ1n) is 8.56. The van der Waals surface area contributed by atoms with Gasteiger partial charge in [0, 0.05) is 49.9 Å². The molecule has 1 aliphatic heterocycles. The molecule has 0 amide bonds. The maximum absolute atomic E-state index is 12.6. The molecule has 1 fully saturated rings. The van der Waals surface area contributed by atoms with Gasteiger partial charge in [-0.25, -0.2) is 4.98 Å². The van der Waals surface area contributed by atoms with Crippen molar-refractivity contribution in [3.05, 3.63) is 16.1 Å². The van der Waals surface area contributed by atoms with E-state index >= 15 is 0 Å². The van der Waals surface area contributed by atoms with E-state index in [4.69, 9.17) is 4.74 Å². The third-order valence-electron chi connectivity index (χ3n) is 4.13. The molecular formula is C16H26F3IN4OS2. The highest BCUT2D eigenvalue weighted by molar-refractivity contribution is 14.0. The lowest BCUT2D eigenvalue weighted by Gasteiger charge is -2.37. The van der Waals surface area contributed by atoms with Gasteiger partial charge in [-0.3, -0.25) is 4.99 Å². The number of halogens is 4. The summed E-state index contributed by atoms with van der Waals surface area (Å²) in [6, 6.07) is 0. The van der Waals surface area contributed by atoms with Crippen LogP contribution in [0.2, 0.25) is 0 Å². The Morgan fingerprint density at radius 1 is 1.37 bits per heavy atom. The van der Waals surface area contributed by atoms with E-state index in [1.165, 1.54) is 0 Å². The Morgan fingerprint density at radius 2 is 2.07 bits per heavy atom. The summed E-state index contributed by atoms with van der Waals surface area (Å²) in [4.78, 5) is 7.83. The molecule has 1 aromatic heterocycles. The average Bonchev–Trinajstić information content (AvgIpc) is 3.08. The molecule has 2 rings (SSSR count). The molecule has 27 heavy (non-hydrogen) atoms. The number of guanidine groups is 1. The molecule has 0 saturated carbocycles. The van der Waals surface area contributed by atoms with Crippen LogP contribution in [0.5, 0.6) is 0 Å². The van der Waals surface area contributed by atoms with Crippen LogP contribution < -0.4 is 10.6 Å². The molecular weight excluding hydrogens is 512 g/mol. The van der Waals surface area contributed by atoms with Crippen LogP contribution >= 0.6 is 47.1 Å². The van der Waals surface area contributed by atoms with Crippen molar-refractivity contribution in [3.8, 4) is 0 Å². The summed E-state index contributed by atoms with van der Waals surface area (Å²) < 4.78 is 43.3. The number of nitrogens with zero attached hydrogens (tertiary/aromatic N) is 2. The maximum atomic E-state index is 12.6. The fourth-order valence-electron chi connectivity index (χ4n) is 2.73. The lowest BCUT2D eigenvalue weighted by atomic mass is 9.99. The molecule has 0 aromatic carbocycles. The average molecular weight is 538 g/mol. The Balaban J connectivity index is 0.00000364. The minimum atomic E-state index is -4.38. The first-order valence-corrected chi connectivity index (χ1v) is 10.4. The van der Waals surface area contributed by atoms with E-state index in [0.29, 0.717) is 23.9 Å². The fourth-order valence-corrected chi connectivity index (χ4v) is 4.78. The SMILES string of the molecule is CCSC1(CNC(=NC)NCCc2nc(C(F)(F)F)cs2)CCOCC1.I. The zero-order chi connectivity index (χ0) is 19.0. The molecule has 0 bridgehead atoms. The number of thiazole rings is 1. The van der Waals surface area contributed by atoms with E-state index in [1.54, 1.807) is 7.05 Å². The van der Waals surface area contributed by atoms with E-state index < -0.39 is 11.9 Å². The first-order chi connectivity index (χ1) is 12.4. The zero-order valence-electron chi connectivity index (χ0n) is 15.4. The highest BCUT2D eigenvalue weighted by atomic mass is 127. The van der Waals surface area contributed by atoms with Crippen LogP contribution in [0.4, 0.5) is 13.2 Å². The van der Waals surface area contributed by atoms with Crippen LogP contribution in [0.25, 0.3) is 0 Å². The smallest absolute Gasteiger partial charge is 0.381 e. The highest BCUT2D eigenvalue weighted by Crippen LogP contribution is 2.34. The molecule has 2 N–H and O–H groups in total. The molecule has 0 radical (unpaired) electrons. The van der Waals surface area contributed by atoms with Gasteiger partial charge in [0.25, 0.3) is 0 Å². The number of thioether (sulfide) groups is 1. The number of rotatable bonds is 7. The van der Waals surface area contributed by atoms with Crippen LogP contribution in [0.15, 0.2) is 10.4 Å². The number of aromatic nitrogens is 1. The van der Waals surface area contributed by atoms with Crippen LogP contribution in [0.1, 0.15) is 30.5 Å². The van der Waals surface area contributed by atoms with Gasteiger partial charge in [0.2, 0.25) is 0 Å². The summed E-state index contributed by atoms with van der Waals surface area (Å²) in [6.45, 7) is 4.95. The monoisotopic (exact) mass is 538 g/mol. The third-order valence-corrected chi connectivity index (χ3v) is 6.49. The lowest BCUT2D eigenvalue weighted by molar-refractivity contribution is -0.140. The molecule has 156 valence electrons. The Labute approximate surface area is 183 Å². The van der Waals surface area contributed by atoms with E-state index in [9.17, 15) is 13.2 Å². The van der Waals surface area contributed by atoms with Gasteiger partial charge < -0.3 is 15.4 Å². The van der Waals surface area contributed by atoms with Crippen LogP contribution in [-0.2, 0) is 17.3 Å². The molecule has 0 spiro atoms. The number of alkyl halides is 3. The number of aliphatic imine (C=N–C) groups is 1. The topological polar surface area (TPSA) is 58.5 Å². The number of hydrogen-bond donors (Lipinski definition) is 2. The van der Waals surface area contributed by atoms with Gasteiger partial charge >= 0.3 is 6.18 Å². The molecule has 1 aromatic rings. The van der Waals surface area contributed by atoms with Crippen molar-refractivity contribution in [3.63, 3.8) is 0 Å². The molecule has 1 aliphatic rings. The van der Waals surface area contributed by atoms with Crippen LogP contribution in [-0.4, -0.2) is 54.8 Å². The first kappa shape index (κ1) is 24.8. The van der Waals surface area contributed by atoms with Crippen molar-refractivity contribution in [1.29, 1.82) is 0 Å². The van der Waals surface area contributed by atoms with Crippen molar-refractivity contribution in [2.45, 2.75) is 37.1 Å². The van der Waals surface area contributed by atoms with Crippen molar-refractivity contribution in [2.24, 2.45) is 4.99 Å². The standard InChI is InChI=1S/C16H25F3N4OS2.HI/c1-3-26-15(5-8-24-9-6-15)11-22-14(20-2)21-7-4-13-23-12(10-25-13)16(17,18)19;/h10H,3-9,11H2,1-2H3,(H2,20,21,22);1H. The van der Waals surface area contributed by atoms with Gasteiger partial charge in [0.05, 0.1) is 5.01 Å². The minimum Gasteiger partial charge on any atom is -0.381 e. The lowest BCUT2D eigenvalue weighted by Crippen LogP contribution is -2.48. The number of nitrogens with one attached hydrogen (secondary N) is 2. The summed E-state index contributed by atoms with van der Waals surface area (Å²) in [5.74, 6) is 1.69. The van der Waals surface area contributed by atoms with E-state index in [-0.39, 0.29) is 28.7 Å². The van der Waals surface area contributed by atoms with Crippen molar-refractivity contribution >= 4 is 53.0 Å². The van der Waals surface area contributed by atoms with Gasteiger partial charge in [0.15, 0.2) is 11.7 Å². The Kier molecular flexibility index (Phi) is 10.7. The molecule has 5 nitrogen and oxygen atoms in total. The summed E-state index contributed by atoms with van der Waals surface area (Å²) in [5, 5.41) is 8.01. The van der Waals surface area contributed by atoms with Crippen molar-refractivity contribution < 1.29 is 17.9 Å². The van der Waals surface area contributed by atoms with Crippen molar-refractivity contribution in [2.75, 3.05) is 39.1 Å².